The van der Waals surface area contributed by atoms with Crippen LogP contribution in [0.5, 0.6) is 0 Å². The molecule has 2 amide bonds. The van der Waals surface area contributed by atoms with Gasteiger partial charge in [-0.3, -0.25) is 15.0 Å². The van der Waals surface area contributed by atoms with Gasteiger partial charge in [0.25, 0.3) is 11.8 Å². The summed E-state index contributed by atoms with van der Waals surface area (Å²) >= 11 is 0. The average molecular weight is 351 g/mol. The van der Waals surface area contributed by atoms with Gasteiger partial charge in [-0.25, -0.2) is 9.40 Å². The van der Waals surface area contributed by atoms with Gasteiger partial charge in [-0.2, -0.15) is 0 Å². The van der Waals surface area contributed by atoms with Gasteiger partial charge in [-0.1, -0.05) is 24.1 Å². The van der Waals surface area contributed by atoms with Crippen LogP contribution in [0.25, 0.3) is 0 Å². The van der Waals surface area contributed by atoms with E-state index in [-0.39, 0.29) is 17.6 Å². The van der Waals surface area contributed by atoms with Crippen molar-refractivity contribution < 1.29 is 14.0 Å². The number of carbonyl (C=O) groups excluding carboxylic acids is 2. The van der Waals surface area contributed by atoms with Crippen LogP contribution < -0.4 is 5.43 Å². The zero-order valence-electron chi connectivity index (χ0n) is 14.1. The number of hydrazine groups is 1. The Morgan fingerprint density at radius 2 is 1.58 bits per heavy atom. The Morgan fingerprint density at radius 3 is 2.23 bits per heavy atom. The molecule has 0 bridgehead atoms. The summed E-state index contributed by atoms with van der Waals surface area (Å²) in [7, 11) is 0. The van der Waals surface area contributed by atoms with E-state index in [0.717, 1.165) is 5.56 Å². The van der Waals surface area contributed by atoms with Crippen molar-refractivity contribution in [3.63, 3.8) is 0 Å². The van der Waals surface area contributed by atoms with E-state index in [4.69, 9.17) is 0 Å². The smallest absolute Gasteiger partial charge is 0.298 e. The molecule has 3 rings (SSSR count). The van der Waals surface area contributed by atoms with E-state index in [9.17, 15) is 14.0 Å². The molecule has 6 heteroatoms. The maximum atomic E-state index is 12.9. The SMILES string of the molecule is O=C(NN1CCN(C(=O)C#Cc2ccccc2)CC1)c1ccc(F)cc1. The molecule has 0 radical (unpaired) electrons. The number of carbonyl (C=O) groups is 2. The van der Waals surface area contributed by atoms with Crippen LogP contribution in [0.4, 0.5) is 4.39 Å². The zero-order chi connectivity index (χ0) is 18.4. The van der Waals surface area contributed by atoms with E-state index in [0.29, 0.717) is 31.7 Å². The fraction of sp³-hybridized carbons (Fsp3) is 0.200. The number of halogens is 1. The van der Waals surface area contributed by atoms with Crippen LogP contribution >= 0.6 is 0 Å². The number of nitrogens with zero attached hydrogens (tertiary/aromatic N) is 2. The molecule has 26 heavy (non-hydrogen) atoms. The summed E-state index contributed by atoms with van der Waals surface area (Å²) in [6.45, 7) is 1.97. The summed E-state index contributed by atoms with van der Waals surface area (Å²) in [5.74, 6) is 4.60. The Balaban J connectivity index is 1.49. The van der Waals surface area contributed by atoms with Crippen molar-refractivity contribution in [1.82, 2.24) is 15.3 Å². The molecule has 1 saturated heterocycles. The normalized spacial score (nSPS) is 14.3. The van der Waals surface area contributed by atoms with Crippen molar-refractivity contribution in [3.8, 4) is 11.8 Å². The maximum absolute atomic E-state index is 12.9. The molecule has 1 N–H and O–H groups in total. The lowest BCUT2D eigenvalue weighted by Crippen LogP contribution is -2.54. The van der Waals surface area contributed by atoms with E-state index in [1.54, 1.807) is 9.91 Å². The molecule has 0 spiro atoms. The molecule has 132 valence electrons. The molecule has 1 heterocycles. The minimum absolute atomic E-state index is 0.224. The fourth-order valence-electron chi connectivity index (χ4n) is 2.56. The van der Waals surface area contributed by atoms with E-state index < -0.39 is 0 Å². The molecule has 0 aliphatic carbocycles. The second kappa shape index (κ2) is 8.28. The molecule has 2 aromatic rings. The van der Waals surface area contributed by atoms with E-state index >= 15 is 0 Å². The molecule has 1 aliphatic rings. The predicted molar refractivity (Wildman–Crippen MR) is 95.3 cm³/mol. The van der Waals surface area contributed by atoms with Crippen molar-refractivity contribution in [2.24, 2.45) is 0 Å². The van der Waals surface area contributed by atoms with Crippen LogP contribution in [0.15, 0.2) is 54.6 Å². The lowest BCUT2D eigenvalue weighted by molar-refractivity contribution is -0.127. The van der Waals surface area contributed by atoms with Crippen molar-refractivity contribution in [2.45, 2.75) is 0 Å². The highest BCUT2D eigenvalue weighted by Gasteiger charge is 2.21. The van der Waals surface area contributed by atoms with Crippen molar-refractivity contribution in [3.05, 3.63) is 71.5 Å². The van der Waals surface area contributed by atoms with Crippen molar-refractivity contribution >= 4 is 11.8 Å². The molecule has 1 fully saturated rings. The lowest BCUT2D eigenvalue weighted by atomic mass is 10.2. The number of rotatable bonds is 2. The van der Waals surface area contributed by atoms with Gasteiger partial charge in [0.15, 0.2) is 0 Å². The molecule has 0 unspecified atom stereocenters. The molecule has 5 nitrogen and oxygen atoms in total. The van der Waals surface area contributed by atoms with Gasteiger partial charge < -0.3 is 4.90 Å². The quantitative estimate of drug-likeness (QED) is 0.838. The summed E-state index contributed by atoms with van der Waals surface area (Å²) in [5.41, 5.74) is 3.95. The van der Waals surface area contributed by atoms with Crippen LogP contribution in [0.3, 0.4) is 0 Å². The first-order chi connectivity index (χ1) is 12.6. The third-order valence-corrected chi connectivity index (χ3v) is 4.02. The van der Waals surface area contributed by atoms with Crippen LogP contribution in [-0.4, -0.2) is 47.9 Å². The minimum Gasteiger partial charge on any atom is -0.329 e. The standard InChI is InChI=1S/C20H18FN3O2/c21-18-9-7-17(8-10-18)20(26)22-24-14-12-23(13-15-24)19(25)11-6-16-4-2-1-3-5-16/h1-5,7-10H,12-15H2,(H,22,26). The third-order valence-electron chi connectivity index (χ3n) is 4.02. The maximum Gasteiger partial charge on any atom is 0.298 e. The number of amides is 2. The van der Waals surface area contributed by atoms with Crippen LogP contribution in [0.2, 0.25) is 0 Å². The van der Waals surface area contributed by atoms with Gasteiger partial charge in [0.1, 0.15) is 5.82 Å². The van der Waals surface area contributed by atoms with Crippen LogP contribution in [0, 0.1) is 17.7 Å². The van der Waals surface area contributed by atoms with Gasteiger partial charge in [0.05, 0.1) is 0 Å². The molecular formula is C20H18FN3O2. The first-order valence-electron chi connectivity index (χ1n) is 8.29. The van der Waals surface area contributed by atoms with E-state index in [1.165, 1.54) is 24.3 Å². The average Bonchev–Trinajstić information content (AvgIpc) is 2.68. The number of piperazine rings is 1. The monoisotopic (exact) mass is 351 g/mol. The highest BCUT2D eigenvalue weighted by Crippen LogP contribution is 2.05. The van der Waals surface area contributed by atoms with Crippen LogP contribution in [0.1, 0.15) is 15.9 Å². The summed E-state index contributed by atoms with van der Waals surface area (Å²) in [5, 5.41) is 1.75. The van der Waals surface area contributed by atoms with Gasteiger partial charge in [-0.15, -0.1) is 0 Å². The molecule has 0 saturated carbocycles. The Labute approximate surface area is 151 Å². The predicted octanol–water partition coefficient (Wildman–Crippen LogP) is 1.67. The van der Waals surface area contributed by atoms with Gasteiger partial charge in [0, 0.05) is 43.2 Å². The topological polar surface area (TPSA) is 52.7 Å². The zero-order valence-corrected chi connectivity index (χ0v) is 14.1. The first-order valence-corrected chi connectivity index (χ1v) is 8.29. The summed E-state index contributed by atoms with van der Waals surface area (Å²) < 4.78 is 12.9. The van der Waals surface area contributed by atoms with Crippen molar-refractivity contribution in [2.75, 3.05) is 26.2 Å². The van der Waals surface area contributed by atoms with Gasteiger partial charge in [0.2, 0.25) is 0 Å². The highest BCUT2D eigenvalue weighted by atomic mass is 19.1. The first kappa shape index (κ1) is 17.6. The Kier molecular flexibility index (Phi) is 5.62. The minimum atomic E-state index is -0.384. The fourth-order valence-corrected chi connectivity index (χ4v) is 2.56. The summed E-state index contributed by atoms with van der Waals surface area (Å²) in [6.07, 6.45) is 0. The summed E-state index contributed by atoms with van der Waals surface area (Å²) in [6, 6.07) is 14.7. The molecular weight excluding hydrogens is 333 g/mol. The Morgan fingerprint density at radius 1 is 0.923 bits per heavy atom. The number of hydrogen-bond acceptors (Lipinski definition) is 3. The molecule has 2 aromatic carbocycles. The largest absolute Gasteiger partial charge is 0.329 e. The number of benzene rings is 2. The lowest BCUT2D eigenvalue weighted by Gasteiger charge is -2.33. The Hall–Kier alpha value is -3.17. The van der Waals surface area contributed by atoms with Crippen LogP contribution in [-0.2, 0) is 4.79 Å². The molecule has 0 aromatic heterocycles. The second-order valence-electron chi connectivity index (χ2n) is 5.84. The highest BCUT2D eigenvalue weighted by molar-refractivity contribution is 5.94. The van der Waals surface area contributed by atoms with Gasteiger partial charge >= 0.3 is 0 Å². The third kappa shape index (κ3) is 4.68. The molecule has 1 aliphatic heterocycles. The van der Waals surface area contributed by atoms with E-state index in [1.807, 2.05) is 30.3 Å². The molecule has 0 atom stereocenters. The van der Waals surface area contributed by atoms with E-state index in [2.05, 4.69) is 17.3 Å². The number of nitrogens with one attached hydrogen (secondary N) is 1. The Bertz CT molecular complexity index is 833. The summed E-state index contributed by atoms with van der Waals surface area (Å²) in [4.78, 5) is 25.9. The second-order valence-corrected chi connectivity index (χ2v) is 5.84. The van der Waals surface area contributed by atoms with Crippen molar-refractivity contribution in [1.29, 1.82) is 0 Å². The van der Waals surface area contributed by atoms with Gasteiger partial charge in [-0.05, 0) is 36.4 Å². The number of hydrogen-bond donors (Lipinski definition) is 1.